The number of aromatic nitrogens is 1. The van der Waals surface area contributed by atoms with E-state index in [0.29, 0.717) is 0 Å². The van der Waals surface area contributed by atoms with Crippen LogP contribution in [0.25, 0.3) is 0 Å². The number of thiophene rings is 1. The summed E-state index contributed by atoms with van der Waals surface area (Å²) in [6, 6.07) is 10.1. The fourth-order valence-electron chi connectivity index (χ4n) is 2.67. The van der Waals surface area contributed by atoms with Gasteiger partial charge < -0.3 is 5.11 Å². The lowest BCUT2D eigenvalue weighted by Gasteiger charge is -2.35. The largest absolute Gasteiger partial charge is 0.386 e. The first kappa shape index (κ1) is 14.7. The quantitative estimate of drug-likeness (QED) is 0.917. The minimum Gasteiger partial charge on any atom is -0.386 e. The van der Waals surface area contributed by atoms with E-state index < -0.39 is 0 Å². The maximum atomic E-state index is 10.2. The van der Waals surface area contributed by atoms with Crippen molar-refractivity contribution < 1.29 is 5.11 Å². The lowest BCUT2D eigenvalue weighted by Crippen LogP contribution is -2.47. The molecule has 0 aliphatic carbocycles. The zero-order valence-corrected chi connectivity index (χ0v) is 12.9. The fourth-order valence-corrected chi connectivity index (χ4v) is 3.37. The van der Waals surface area contributed by atoms with Gasteiger partial charge >= 0.3 is 0 Å². The molecule has 21 heavy (non-hydrogen) atoms. The Balaban J connectivity index is 1.45. The molecule has 1 aliphatic rings. The minimum absolute atomic E-state index is 0.354. The minimum atomic E-state index is -0.354. The van der Waals surface area contributed by atoms with Gasteiger partial charge in [-0.05, 0) is 23.6 Å². The van der Waals surface area contributed by atoms with E-state index >= 15 is 0 Å². The van der Waals surface area contributed by atoms with Gasteiger partial charge in [-0.2, -0.15) is 0 Å². The Morgan fingerprint density at radius 3 is 2.57 bits per heavy atom. The molecule has 3 rings (SSSR count). The van der Waals surface area contributed by atoms with E-state index in [0.717, 1.165) is 49.8 Å². The molecule has 0 saturated carbocycles. The van der Waals surface area contributed by atoms with E-state index in [1.165, 1.54) is 0 Å². The molecule has 1 aliphatic heterocycles. The van der Waals surface area contributed by atoms with Crippen molar-refractivity contribution in [2.45, 2.75) is 12.6 Å². The Hall–Kier alpha value is -1.27. The van der Waals surface area contributed by atoms with Gasteiger partial charge in [-0.25, -0.2) is 0 Å². The third-order valence-corrected chi connectivity index (χ3v) is 4.85. The molecule has 3 heterocycles. The molecule has 1 saturated heterocycles. The van der Waals surface area contributed by atoms with E-state index in [1.54, 1.807) is 11.3 Å². The van der Waals surface area contributed by atoms with Crippen LogP contribution in [0.4, 0.5) is 0 Å². The predicted molar refractivity (Wildman–Crippen MR) is 85.2 cm³/mol. The standard InChI is InChI=1S/C16H21N3OS/c20-15(16-5-3-11-21-16)13-19-9-7-18(8-10-19)12-14-4-1-2-6-17-14/h1-6,11,15,20H,7-10,12-13H2/t15-/m1/s1. The third-order valence-electron chi connectivity index (χ3n) is 3.88. The van der Waals surface area contributed by atoms with Crippen molar-refractivity contribution in [1.82, 2.24) is 14.8 Å². The smallest absolute Gasteiger partial charge is 0.101 e. The molecule has 5 heteroatoms. The van der Waals surface area contributed by atoms with Crippen LogP contribution in [-0.2, 0) is 6.54 Å². The van der Waals surface area contributed by atoms with Crippen LogP contribution < -0.4 is 0 Å². The lowest BCUT2D eigenvalue weighted by atomic mass is 10.2. The van der Waals surface area contributed by atoms with Crippen molar-refractivity contribution >= 4 is 11.3 Å². The molecular weight excluding hydrogens is 282 g/mol. The summed E-state index contributed by atoms with van der Waals surface area (Å²) >= 11 is 1.63. The van der Waals surface area contributed by atoms with Crippen LogP contribution >= 0.6 is 11.3 Å². The maximum Gasteiger partial charge on any atom is 0.101 e. The number of hydrogen-bond acceptors (Lipinski definition) is 5. The second-order valence-electron chi connectivity index (χ2n) is 5.43. The summed E-state index contributed by atoms with van der Waals surface area (Å²) in [4.78, 5) is 10.2. The first-order chi connectivity index (χ1) is 10.3. The topological polar surface area (TPSA) is 39.6 Å². The molecule has 2 aromatic heterocycles. The van der Waals surface area contributed by atoms with E-state index in [2.05, 4.69) is 20.9 Å². The van der Waals surface area contributed by atoms with Crippen molar-refractivity contribution in [3.63, 3.8) is 0 Å². The van der Waals surface area contributed by atoms with E-state index in [-0.39, 0.29) is 6.10 Å². The third kappa shape index (κ3) is 4.11. The molecule has 0 aromatic carbocycles. The van der Waals surface area contributed by atoms with Crippen molar-refractivity contribution in [2.75, 3.05) is 32.7 Å². The van der Waals surface area contributed by atoms with Crippen molar-refractivity contribution in [2.24, 2.45) is 0 Å². The zero-order valence-electron chi connectivity index (χ0n) is 12.1. The van der Waals surface area contributed by atoms with E-state index in [1.807, 2.05) is 35.8 Å². The lowest BCUT2D eigenvalue weighted by molar-refractivity contribution is 0.0712. The van der Waals surface area contributed by atoms with Crippen LogP contribution in [0, 0.1) is 0 Å². The average molecular weight is 303 g/mol. The van der Waals surface area contributed by atoms with Crippen LogP contribution in [0.1, 0.15) is 16.7 Å². The summed E-state index contributed by atoms with van der Waals surface area (Å²) in [7, 11) is 0. The van der Waals surface area contributed by atoms with Crippen LogP contribution in [0.15, 0.2) is 41.9 Å². The van der Waals surface area contributed by atoms with Gasteiger partial charge in [0, 0.05) is 50.3 Å². The van der Waals surface area contributed by atoms with Gasteiger partial charge in [0.05, 0.1) is 5.69 Å². The van der Waals surface area contributed by atoms with Crippen LogP contribution in [0.2, 0.25) is 0 Å². The van der Waals surface area contributed by atoms with Gasteiger partial charge in [0.1, 0.15) is 6.10 Å². The van der Waals surface area contributed by atoms with Crippen molar-refractivity contribution in [3.05, 3.63) is 52.5 Å². The molecule has 1 fully saturated rings. The Kier molecular flexibility index (Phi) is 4.98. The van der Waals surface area contributed by atoms with Gasteiger partial charge in [0.25, 0.3) is 0 Å². The predicted octanol–water partition coefficient (Wildman–Crippen LogP) is 1.99. The second kappa shape index (κ2) is 7.13. The van der Waals surface area contributed by atoms with E-state index in [9.17, 15) is 5.11 Å². The molecule has 4 nitrogen and oxygen atoms in total. The SMILES string of the molecule is O[C@H](CN1CCN(Cc2ccccn2)CC1)c1cccs1. The molecule has 0 bridgehead atoms. The molecule has 2 aromatic rings. The van der Waals surface area contributed by atoms with Gasteiger partial charge in [-0.15, -0.1) is 11.3 Å². The Morgan fingerprint density at radius 1 is 1.10 bits per heavy atom. The second-order valence-corrected chi connectivity index (χ2v) is 6.41. The average Bonchev–Trinajstić information content (AvgIpc) is 3.05. The number of pyridine rings is 1. The summed E-state index contributed by atoms with van der Waals surface area (Å²) in [5.41, 5.74) is 1.13. The number of aliphatic hydroxyl groups is 1. The van der Waals surface area contributed by atoms with Crippen molar-refractivity contribution in [3.8, 4) is 0 Å². The normalized spacial score (nSPS) is 18.7. The first-order valence-corrected chi connectivity index (χ1v) is 8.25. The summed E-state index contributed by atoms with van der Waals surface area (Å²) in [5, 5.41) is 12.2. The molecule has 1 N–H and O–H groups in total. The van der Waals surface area contributed by atoms with Crippen molar-refractivity contribution in [1.29, 1.82) is 0 Å². The van der Waals surface area contributed by atoms with Crippen LogP contribution in [0.5, 0.6) is 0 Å². The molecule has 1 atom stereocenters. The summed E-state index contributed by atoms with van der Waals surface area (Å²) < 4.78 is 0. The molecule has 0 amide bonds. The highest BCUT2D eigenvalue weighted by atomic mass is 32.1. The van der Waals surface area contributed by atoms with Gasteiger partial charge in [0.15, 0.2) is 0 Å². The van der Waals surface area contributed by atoms with E-state index in [4.69, 9.17) is 0 Å². The summed E-state index contributed by atoms with van der Waals surface area (Å²) in [6.45, 7) is 5.74. The first-order valence-electron chi connectivity index (χ1n) is 7.37. The Labute approximate surface area is 129 Å². The molecular formula is C16H21N3OS. The number of piperazine rings is 1. The maximum absolute atomic E-state index is 10.2. The fraction of sp³-hybridized carbons (Fsp3) is 0.438. The monoisotopic (exact) mass is 303 g/mol. The van der Waals surface area contributed by atoms with Crippen LogP contribution in [0.3, 0.4) is 0 Å². The number of nitrogens with zero attached hydrogens (tertiary/aromatic N) is 3. The molecule has 0 unspecified atom stereocenters. The van der Waals surface area contributed by atoms with Crippen LogP contribution in [-0.4, -0.2) is 52.6 Å². The van der Waals surface area contributed by atoms with Gasteiger partial charge in [-0.1, -0.05) is 12.1 Å². The highest BCUT2D eigenvalue weighted by molar-refractivity contribution is 7.10. The highest BCUT2D eigenvalue weighted by Crippen LogP contribution is 2.20. The van der Waals surface area contributed by atoms with Gasteiger partial charge in [-0.3, -0.25) is 14.8 Å². The molecule has 0 spiro atoms. The number of aliphatic hydroxyl groups excluding tert-OH is 1. The summed E-state index contributed by atoms with van der Waals surface area (Å²) in [5.74, 6) is 0. The number of β-amino-alcohol motifs (C(OH)–C–C–N with tert-alkyl or cyclic N) is 1. The van der Waals surface area contributed by atoms with Gasteiger partial charge in [0.2, 0.25) is 0 Å². The number of hydrogen-bond donors (Lipinski definition) is 1. The molecule has 0 radical (unpaired) electrons. The summed E-state index contributed by atoms with van der Waals surface area (Å²) in [6.07, 6.45) is 1.50. The molecule has 112 valence electrons. The zero-order chi connectivity index (χ0) is 14.5. The highest BCUT2D eigenvalue weighted by Gasteiger charge is 2.20. The Morgan fingerprint density at radius 2 is 1.90 bits per heavy atom. The Bertz CT molecular complexity index is 524. The number of rotatable bonds is 5.